The van der Waals surface area contributed by atoms with Crippen LogP contribution >= 0.6 is 0 Å². The molecule has 0 aliphatic heterocycles. The van der Waals surface area contributed by atoms with Crippen LogP contribution in [-0.2, 0) is 0 Å². The van der Waals surface area contributed by atoms with Gasteiger partial charge in [0.2, 0.25) is 0 Å². The second-order valence-corrected chi connectivity index (χ2v) is 13.0. The highest BCUT2D eigenvalue weighted by atomic mass is 16.5. The molecule has 0 spiro atoms. The molecule has 6 nitrogen and oxygen atoms in total. The molecule has 7 aromatic carbocycles. The summed E-state index contributed by atoms with van der Waals surface area (Å²) < 4.78 is 6.40. The second-order valence-electron chi connectivity index (χ2n) is 13.0. The van der Waals surface area contributed by atoms with E-state index in [9.17, 15) is 0 Å². The first-order chi connectivity index (χ1) is 27.2. The van der Waals surface area contributed by atoms with Gasteiger partial charge in [0.25, 0.3) is 0 Å². The predicted octanol–water partition coefficient (Wildman–Crippen LogP) is 12.1. The van der Waals surface area contributed by atoms with Crippen molar-refractivity contribution in [2.75, 3.05) is 0 Å². The Hall–Kier alpha value is -7.57. The Morgan fingerprint density at radius 2 is 0.636 bits per heavy atom. The van der Waals surface area contributed by atoms with Crippen molar-refractivity contribution >= 4 is 0 Å². The molecule has 2 heterocycles. The average molecular weight is 708 g/mol. The summed E-state index contributed by atoms with van der Waals surface area (Å²) in [5.41, 5.74) is 9.53. The lowest BCUT2D eigenvalue weighted by Gasteiger charge is -2.11. The van der Waals surface area contributed by atoms with Gasteiger partial charge in [0.05, 0.1) is 11.4 Å². The van der Waals surface area contributed by atoms with Gasteiger partial charge in [0.15, 0.2) is 23.3 Å². The van der Waals surface area contributed by atoms with Gasteiger partial charge in [0.1, 0.15) is 11.5 Å². The average Bonchev–Trinajstić information content (AvgIpc) is 3.28. The van der Waals surface area contributed by atoms with E-state index < -0.39 is 0 Å². The van der Waals surface area contributed by atoms with Crippen LogP contribution in [0.15, 0.2) is 200 Å². The molecule has 0 atom stereocenters. The zero-order valence-electron chi connectivity index (χ0n) is 29.7. The van der Waals surface area contributed by atoms with E-state index in [1.165, 1.54) is 0 Å². The highest BCUT2D eigenvalue weighted by Crippen LogP contribution is 2.32. The van der Waals surface area contributed by atoms with Gasteiger partial charge in [-0.15, -0.1) is 0 Å². The molecule has 9 aromatic rings. The number of rotatable bonds is 9. The van der Waals surface area contributed by atoms with Gasteiger partial charge in [0, 0.05) is 33.4 Å². The van der Waals surface area contributed by atoms with E-state index in [1.54, 1.807) is 0 Å². The van der Waals surface area contributed by atoms with Gasteiger partial charge >= 0.3 is 0 Å². The van der Waals surface area contributed by atoms with Crippen LogP contribution in [0.3, 0.4) is 0 Å². The van der Waals surface area contributed by atoms with Crippen LogP contribution in [0.1, 0.15) is 0 Å². The molecule has 55 heavy (non-hydrogen) atoms. The lowest BCUT2D eigenvalue weighted by atomic mass is 10.0. The summed E-state index contributed by atoms with van der Waals surface area (Å²) in [6.07, 6.45) is 0. The van der Waals surface area contributed by atoms with Crippen LogP contribution in [0, 0.1) is 0 Å². The molecule has 6 heteroatoms. The molecular formula is C49H33N5O. The second kappa shape index (κ2) is 15.2. The summed E-state index contributed by atoms with van der Waals surface area (Å²) in [4.78, 5) is 24.8. The summed E-state index contributed by atoms with van der Waals surface area (Å²) in [5, 5.41) is 0. The van der Waals surface area contributed by atoms with Gasteiger partial charge in [-0.25, -0.2) is 24.9 Å². The van der Waals surface area contributed by atoms with Crippen molar-refractivity contribution in [1.29, 1.82) is 0 Å². The van der Waals surface area contributed by atoms with Crippen LogP contribution in [0.5, 0.6) is 11.5 Å². The van der Waals surface area contributed by atoms with E-state index >= 15 is 0 Å². The summed E-state index contributed by atoms with van der Waals surface area (Å²) in [5.74, 6) is 3.73. The smallest absolute Gasteiger partial charge is 0.164 e. The normalized spacial score (nSPS) is 10.9. The molecule has 0 saturated carbocycles. The monoisotopic (exact) mass is 707 g/mol. The summed E-state index contributed by atoms with van der Waals surface area (Å²) in [6.45, 7) is 0. The summed E-state index contributed by atoms with van der Waals surface area (Å²) >= 11 is 0. The standard InChI is InChI=1S/C49H33N5O/c1-5-15-34(16-6-1)39-23-13-24-40(31-39)48-52-47(37-21-11-4-12-22-37)53-49(54-48)41-25-14-26-43(32-41)55-42-29-27-38(28-30-42)46-50-44(35-17-7-2-8-18-35)33-45(51-46)36-19-9-3-10-20-36/h1-33H. The number of hydrogen-bond donors (Lipinski definition) is 0. The highest BCUT2D eigenvalue weighted by Gasteiger charge is 2.15. The van der Waals surface area contributed by atoms with Gasteiger partial charge < -0.3 is 4.74 Å². The van der Waals surface area contributed by atoms with Crippen molar-refractivity contribution in [2.24, 2.45) is 0 Å². The third kappa shape index (κ3) is 7.52. The molecule has 0 bridgehead atoms. The Labute approximate surface area is 319 Å². The topological polar surface area (TPSA) is 73.7 Å². The van der Waals surface area contributed by atoms with E-state index in [1.807, 2.05) is 152 Å². The van der Waals surface area contributed by atoms with Crippen LogP contribution < -0.4 is 4.74 Å². The number of benzene rings is 7. The van der Waals surface area contributed by atoms with Gasteiger partial charge in [-0.2, -0.15) is 0 Å². The number of nitrogens with zero attached hydrogens (tertiary/aromatic N) is 5. The molecule has 0 aliphatic carbocycles. The first-order valence-electron chi connectivity index (χ1n) is 18.1. The fourth-order valence-corrected chi connectivity index (χ4v) is 6.42. The predicted molar refractivity (Wildman–Crippen MR) is 220 cm³/mol. The quantitative estimate of drug-likeness (QED) is 0.149. The van der Waals surface area contributed by atoms with Crippen LogP contribution in [0.25, 0.3) is 79.2 Å². The zero-order valence-corrected chi connectivity index (χ0v) is 29.7. The minimum Gasteiger partial charge on any atom is -0.457 e. The van der Waals surface area contributed by atoms with Crippen molar-refractivity contribution in [1.82, 2.24) is 24.9 Å². The SMILES string of the molecule is c1ccc(-c2cccc(-c3nc(-c4ccccc4)nc(-c4cccc(Oc5ccc(-c6nc(-c7ccccc7)cc(-c7ccccc7)n6)cc5)c4)n3)c2)cc1. The Balaban J connectivity index is 1.03. The first-order valence-corrected chi connectivity index (χ1v) is 18.1. The maximum absolute atomic E-state index is 6.40. The Bertz CT molecular complexity index is 2650. The Morgan fingerprint density at radius 1 is 0.236 bits per heavy atom. The van der Waals surface area contributed by atoms with Crippen LogP contribution in [-0.4, -0.2) is 24.9 Å². The first kappa shape index (κ1) is 33.3. The summed E-state index contributed by atoms with van der Waals surface area (Å²) in [6, 6.07) is 66.7. The molecule has 9 rings (SSSR count). The fourth-order valence-electron chi connectivity index (χ4n) is 6.42. The number of ether oxygens (including phenoxy) is 1. The number of aromatic nitrogens is 5. The van der Waals surface area contributed by atoms with Gasteiger partial charge in [-0.05, 0) is 59.7 Å². The molecule has 260 valence electrons. The van der Waals surface area contributed by atoms with E-state index in [4.69, 9.17) is 29.7 Å². The fraction of sp³-hybridized carbons (Fsp3) is 0. The summed E-state index contributed by atoms with van der Waals surface area (Å²) in [7, 11) is 0. The van der Waals surface area contributed by atoms with Crippen molar-refractivity contribution in [3.05, 3.63) is 200 Å². The van der Waals surface area contributed by atoms with Crippen molar-refractivity contribution < 1.29 is 4.74 Å². The minimum atomic E-state index is 0.555. The molecule has 0 amide bonds. The molecule has 2 aromatic heterocycles. The molecule has 0 aliphatic rings. The van der Waals surface area contributed by atoms with Crippen LogP contribution in [0.4, 0.5) is 0 Å². The van der Waals surface area contributed by atoms with Crippen molar-refractivity contribution in [3.63, 3.8) is 0 Å². The molecular weight excluding hydrogens is 675 g/mol. The highest BCUT2D eigenvalue weighted by molar-refractivity contribution is 5.74. The Kier molecular flexibility index (Phi) is 9.19. The largest absolute Gasteiger partial charge is 0.457 e. The number of hydrogen-bond acceptors (Lipinski definition) is 6. The third-order valence-electron chi connectivity index (χ3n) is 9.20. The lowest BCUT2D eigenvalue weighted by molar-refractivity contribution is 0.483. The van der Waals surface area contributed by atoms with E-state index in [2.05, 4.69) is 48.5 Å². The van der Waals surface area contributed by atoms with E-state index in [-0.39, 0.29) is 0 Å². The zero-order chi connectivity index (χ0) is 36.8. The van der Waals surface area contributed by atoms with Crippen molar-refractivity contribution in [3.8, 4) is 90.7 Å². The molecule has 0 unspecified atom stereocenters. The van der Waals surface area contributed by atoms with Crippen LogP contribution in [0.2, 0.25) is 0 Å². The maximum Gasteiger partial charge on any atom is 0.164 e. The molecule has 0 fully saturated rings. The van der Waals surface area contributed by atoms with Gasteiger partial charge in [-0.3, -0.25) is 0 Å². The van der Waals surface area contributed by atoms with E-state index in [0.29, 0.717) is 34.8 Å². The van der Waals surface area contributed by atoms with Gasteiger partial charge in [-0.1, -0.05) is 152 Å². The van der Waals surface area contributed by atoms with Crippen molar-refractivity contribution in [2.45, 2.75) is 0 Å². The minimum absolute atomic E-state index is 0.555. The third-order valence-corrected chi connectivity index (χ3v) is 9.20. The van der Waals surface area contributed by atoms with E-state index in [0.717, 1.165) is 55.9 Å². The maximum atomic E-state index is 6.40. The Morgan fingerprint density at radius 3 is 1.20 bits per heavy atom. The molecule has 0 N–H and O–H groups in total. The molecule has 0 saturated heterocycles. The lowest BCUT2D eigenvalue weighted by Crippen LogP contribution is -2.00. The molecule has 0 radical (unpaired) electrons.